The van der Waals surface area contributed by atoms with E-state index in [0.717, 1.165) is 42.9 Å². The monoisotopic (exact) mass is 512 g/mol. The molecule has 0 spiro atoms. The van der Waals surface area contributed by atoms with E-state index in [1.807, 2.05) is 0 Å². The minimum Gasteiger partial charge on any atom is -0.462 e. The van der Waals surface area contributed by atoms with Crippen molar-refractivity contribution in [3.05, 3.63) is 11.6 Å². The maximum absolute atomic E-state index is 12.5. The lowest BCUT2D eigenvalue weighted by atomic mass is 9.47. The molecule has 0 amide bonds. The van der Waals surface area contributed by atoms with Crippen molar-refractivity contribution in [1.82, 2.24) is 0 Å². The second-order valence-corrected chi connectivity index (χ2v) is 14.2. The molecule has 0 radical (unpaired) electrons. The molecule has 212 valence electrons. The molecule has 4 aliphatic rings. The third kappa shape index (κ3) is 6.69. The number of allylic oxidation sites excluding steroid dienone is 1. The van der Waals surface area contributed by atoms with Crippen LogP contribution in [0.3, 0.4) is 0 Å². The van der Waals surface area contributed by atoms with Crippen LogP contribution in [-0.2, 0) is 9.53 Å². The highest BCUT2D eigenvalue weighted by molar-refractivity contribution is 5.69. The van der Waals surface area contributed by atoms with Crippen LogP contribution in [-0.4, -0.2) is 12.1 Å². The van der Waals surface area contributed by atoms with Crippen LogP contribution >= 0.6 is 0 Å². The van der Waals surface area contributed by atoms with Gasteiger partial charge < -0.3 is 4.74 Å². The Hall–Kier alpha value is -0.790. The normalized spacial score (nSPS) is 36.9. The average Bonchev–Trinajstić information content (AvgIpc) is 3.22. The average molecular weight is 513 g/mol. The standard InChI is InChI=1S/C35H60O2/c1-5-7-9-11-13-14-16-27-19-21-31-30-20-18-28-26-29(37-33(36)17-15-12-10-8-6-2)22-24-35(28,4)32(30)23-25-34(27,31)3/h18,27,29-32H,5-17,19-26H2,1-4H3/t27-,29-,30+,31+,32+,34+,35-/m0/s1. The van der Waals surface area contributed by atoms with Gasteiger partial charge in [-0.05, 0) is 92.3 Å². The van der Waals surface area contributed by atoms with Crippen LogP contribution in [0.1, 0.15) is 163 Å². The third-order valence-corrected chi connectivity index (χ3v) is 11.9. The fourth-order valence-corrected chi connectivity index (χ4v) is 9.60. The van der Waals surface area contributed by atoms with Crippen molar-refractivity contribution in [3.8, 4) is 0 Å². The van der Waals surface area contributed by atoms with Gasteiger partial charge in [0.15, 0.2) is 0 Å². The summed E-state index contributed by atoms with van der Waals surface area (Å²) in [5.41, 5.74) is 2.59. The van der Waals surface area contributed by atoms with E-state index in [9.17, 15) is 4.79 Å². The van der Waals surface area contributed by atoms with Crippen molar-refractivity contribution in [2.75, 3.05) is 0 Å². The molecule has 2 heteroatoms. The molecule has 0 aromatic heterocycles. The van der Waals surface area contributed by atoms with Crippen LogP contribution < -0.4 is 0 Å². The quantitative estimate of drug-likeness (QED) is 0.131. The SMILES string of the molecule is CCCCCCCC[C@H]1CC[C@@H]2[C@H]3CC=C4C[C@@H](OC(=O)CCCCCCC)CC[C@]4(C)[C@@H]3CC[C@]12C. The summed E-state index contributed by atoms with van der Waals surface area (Å²) in [7, 11) is 0. The zero-order valence-electron chi connectivity index (χ0n) is 25.1. The van der Waals surface area contributed by atoms with Gasteiger partial charge in [0.05, 0.1) is 0 Å². The largest absolute Gasteiger partial charge is 0.462 e. The summed E-state index contributed by atoms with van der Waals surface area (Å²) >= 11 is 0. The minimum absolute atomic E-state index is 0.0511. The molecule has 4 aliphatic carbocycles. The Balaban J connectivity index is 1.29. The lowest BCUT2D eigenvalue weighted by molar-refractivity contribution is -0.151. The zero-order valence-corrected chi connectivity index (χ0v) is 25.1. The maximum atomic E-state index is 12.5. The van der Waals surface area contributed by atoms with Gasteiger partial charge in [-0.25, -0.2) is 0 Å². The Kier molecular flexibility index (Phi) is 10.7. The van der Waals surface area contributed by atoms with E-state index < -0.39 is 0 Å². The fourth-order valence-electron chi connectivity index (χ4n) is 9.60. The number of hydrogen-bond acceptors (Lipinski definition) is 2. The molecule has 3 fully saturated rings. The predicted octanol–water partition coefficient (Wildman–Crippen LogP) is 10.6. The maximum Gasteiger partial charge on any atom is 0.306 e. The Morgan fingerprint density at radius 3 is 2.30 bits per heavy atom. The number of unbranched alkanes of at least 4 members (excludes halogenated alkanes) is 9. The molecular formula is C35H60O2. The van der Waals surface area contributed by atoms with E-state index >= 15 is 0 Å². The first kappa shape index (κ1) is 29.2. The highest BCUT2D eigenvalue weighted by atomic mass is 16.5. The smallest absolute Gasteiger partial charge is 0.306 e. The molecule has 0 aliphatic heterocycles. The summed E-state index contributed by atoms with van der Waals surface area (Å²) in [6, 6.07) is 0. The molecular weight excluding hydrogens is 452 g/mol. The summed E-state index contributed by atoms with van der Waals surface area (Å²) in [6.45, 7) is 9.84. The number of ether oxygens (including phenoxy) is 1. The Labute approximate surface area is 230 Å². The molecule has 0 saturated heterocycles. The summed E-state index contributed by atoms with van der Waals surface area (Å²) in [5.74, 6) is 3.71. The zero-order chi connectivity index (χ0) is 26.3. The summed E-state index contributed by atoms with van der Waals surface area (Å²) in [4.78, 5) is 12.5. The van der Waals surface area contributed by atoms with Crippen molar-refractivity contribution in [3.63, 3.8) is 0 Å². The first-order chi connectivity index (χ1) is 17.9. The van der Waals surface area contributed by atoms with Crippen molar-refractivity contribution >= 4 is 5.97 Å². The van der Waals surface area contributed by atoms with E-state index in [-0.39, 0.29) is 12.1 Å². The topological polar surface area (TPSA) is 26.3 Å². The van der Waals surface area contributed by atoms with Crippen LogP contribution in [0, 0.1) is 34.5 Å². The van der Waals surface area contributed by atoms with Gasteiger partial charge in [0.1, 0.15) is 6.10 Å². The van der Waals surface area contributed by atoms with Crippen LogP contribution in [0.5, 0.6) is 0 Å². The van der Waals surface area contributed by atoms with E-state index in [0.29, 0.717) is 17.3 Å². The van der Waals surface area contributed by atoms with Crippen LogP contribution in [0.4, 0.5) is 0 Å². The number of carbonyl (C=O) groups excluding carboxylic acids is 1. The highest BCUT2D eigenvalue weighted by Crippen LogP contribution is 2.66. The third-order valence-electron chi connectivity index (χ3n) is 11.9. The molecule has 2 nitrogen and oxygen atoms in total. The predicted molar refractivity (Wildman–Crippen MR) is 156 cm³/mol. The Morgan fingerprint density at radius 2 is 1.54 bits per heavy atom. The van der Waals surface area contributed by atoms with E-state index in [1.165, 1.54) is 109 Å². The Morgan fingerprint density at radius 1 is 0.838 bits per heavy atom. The molecule has 0 heterocycles. The summed E-state index contributed by atoms with van der Waals surface area (Å²) < 4.78 is 6.02. The second kappa shape index (κ2) is 13.5. The summed E-state index contributed by atoms with van der Waals surface area (Å²) in [6.07, 6.45) is 29.8. The van der Waals surface area contributed by atoms with E-state index in [4.69, 9.17) is 4.74 Å². The second-order valence-electron chi connectivity index (χ2n) is 14.2. The lowest BCUT2D eigenvalue weighted by Crippen LogP contribution is -2.50. The van der Waals surface area contributed by atoms with Crippen molar-refractivity contribution in [2.45, 2.75) is 169 Å². The summed E-state index contributed by atoms with van der Waals surface area (Å²) in [5, 5.41) is 0. The number of hydrogen-bond donors (Lipinski definition) is 0. The van der Waals surface area contributed by atoms with Crippen LogP contribution in [0.2, 0.25) is 0 Å². The van der Waals surface area contributed by atoms with E-state index in [1.54, 1.807) is 5.57 Å². The van der Waals surface area contributed by atoms with Gasteiger partial charge >= 0.3 is 5.97 Å². The lowest BCUT2D eigenvalue weighted by Gasteiger charge is -2.58. The van der Waals surface area contributed by atoms with Crippen LogP contribution in [0.25, 0.3) is 0 Å². The number of esters is 1. The first-order valence-electron chi connectivity index (χ1n) is 16.8. The Bertz CT molecular complexity index is 754. The molecule has 4 rings (SSSR count). The van der Waals surface area contributed by atoms with Gasteiger partial charge in [-0.1, -0.05) is 104 Å². The van der Waals surface area contributed by atoms with Crippen molar-refractivity contribution < 1.29 is 9.53 Å². The van der Waals surface area contributed by atoms with Gasteiger partial charge in [0, 0.05) is 12.8 Å². The first-order valence-corrected chi connectivity index (χ1v) is 16.8. The number of fused-ring (bicyclic) bond motifs is 5. The van der Waals surface area contributed by atoms with Crippen LogP contribution in [0.15, 0.2) is 11.6 Å². The number of carbonyl (C=O) groups is 1. The van der Waals surface area contributed by atoms with Crippen molar-refractivity contribution in [2.24, 2.45) is 34.5 Å². The molecule has 0 aromatic carbocycles. The van der Waals surface area contributed by atoms with Gasteiger partial charge in [-0.15, -0.1) is 0 Å². The molecule has 7 atom stereocenters. The highest BCUT2D eigenvalue weighted by Gasteiger charge is 2.58. The van der Waals surface area contributed by atoms with E-state index in [2.05, 4.69) is 33.8 Å². The minimum atomic E-state index is 0.0511. The molecule has 0 N–H and O–H groups in total. The molecule has 0 aromatic rings. The molecule has 37 heavy (non-hydrogen) atoms. The fraction of sp³-hybridized carbons (Fsp3) is 0.914. The van der Waals surface area contributed by atoms with Gasteiger partial charge in [-0.2, -0.15) is 0 Å². The molecule has 3 saturated carbocycles. The van der Waals surface area contributed by atoms with Gasteiger partial charge in [-0.3, -0.25) is 4.79 Å². The van der Waals surface area contributed by atoms with Crippen molar-refractivity contribution in [1.29, 1.82) is 0 Å². The van der Waals surface area contributed by atoms with Gasteiger partial charge in [0.25, 0.3) is 0 Å². The number of rotatable bonds is 14. The molecule has 0 bridgehead atoms. The molecule has 0 unspecified atom stereocenters. The van der Waals surface area contributed by atoms with Gasteiger partial charge in [0.2, 0.25) is 0 Å².